The Labute approximate surface area is 115 Å². The molecule has 1 saturated heterocycles. The molecule has 0 saturated carbocycles. The first-order valence-electron chi connectivity index (χ1n) is 6.83. The number of hydrogen-bond acceptors (Lipinski definition) is 3. The zero-order valence-electron chi connectivity index (χ0n) is 11.8. The molecule has 19 heavy (non-hydrogen) atoms. The molecule has 4 nitrogen and oxygen atoms in total. The summed E-state index contributed by atoms with van der Waals surface area (Å²) >= 11 is 0. The van der Waals surface area contributed by atoms with Crippen LogP contribution in [0.5, 0.6) is 0 Å². The number of nitrogens with two attached hydrogens (primary N) is 1. The number of likely N-dealkylation sites (tertiary alicyclic amines) is 1. The van der Waals surface area contributed by atoms with Crippen molar-refractivity contribution in [2.24, 2.45) is 5.41 Å². The third kappa shape index (κ3) is 3.96. The van der Waals surface area contributed by atoms with E-state index in [1.54, 1.807) is 6.07 Å². The molecular weight excluding hydrogens is 238 g/mol. The van der Waals surface area contributed by atoms with E-state index in [9.17, 15) is 4.79 Å². The van der Waals surface area contributed by atoms with Crippen LogP contribution in [0.15, 0.2) is 24.3 Å². The van der Waals surface area contributed by atoms with Crippen LogP contribution in [0.1, 0.15) is 26.7 Å². The topological polar surface area (TPSA) is 58.4 Å². The lowest BCUT2D eigenvalue weighted by atomic mass is 9.84. The first-order valence-corrected chi connectivity index (χ1v) is 6.83. The number of rotatable bonds is 3. The quantitative estimate of drug-likeness (QED) is 0.821. The molecule has 0 aliphatic carbocycles. The van der Waals surface area contributed by atoms with Crippen molar-refractivity contribution in [3.8, 4) is 0 Å². The molecule has 1 heterocycles. The molecule has 3 N–H and O–H groups in total. The Morgan fingerprint density at radius 1 is 1.42 bits per heavy atom. The summed E-state index contributed by atoms with van der Waals surface area (Å²) in [6.07, 6.45) is 2.39. The second-order valence-corrected chi connectivity index (χ2v) is 6.11. The molecule has 1 aliphatic rings. The van der Waals surface area contributed by atoms with E-state index >= 15 is 0 Å². The molecule has 0 atom stereocenters. The lowest BCUT2D eigenvalue weighted by Gasteiger charge is -2.37. The first kappa shape index (κ1) is 13.9. The number of piperidine rings is 1. The van der Waals surface area contributed by atoms with E-state index in [1.165, 1.54) is 6.42 Å². The molecule has 0 spiro atoms. The summed E-state index contributed by atoms with van der Waals surface area (Å²) in [6, 6.07) is 7.35. The van der Waals surface area contributed by atoms with Crippen molar-refractivity contribution in [3.05, 3.63) is 24.3 Å². The highest BCUT2D eigenvalue weighted by Gasteiger charge is 2.27. The minimum Gasteiger partial charge on any atom is -0.397 e. The second-order valence-electron chi connectivity index (χ2n) is 6.11. The van der Waals surface area contributed by atoms with E-state index in [4.69, 9.17) is 5.73 Å². The van der Waals surface area contributed by atoms with Gasteiger partial charge < -0.3 is 11.1 Å². The summed E-state index contributed by atoms with van der Waals surface area (Å²) in [7, 11) is 0. The molecule has 1 amide bonds. The van der Waals surface area contributed by atoms with Gasteiger partial charge in [-0.2, -0.15) is 0 Å². The summed E-state index contributed by atoms with van der Waals surface area (Å²) in [5, 5.41) is 2.88. The van der Waals surface area contributed by atoms with Crippen LogP contribution in [0.2, 0.25) is 0 Å². The van der Waals surface area contributed by atoms with Crippen LogP contribution in [0.4, 0.5) is 11.4 Å². The molecular formula is C15H23N3O. The Morgan fingerprint density at radius 3 is 2.84 bits per heavy atom. The van der Waals surface area contributed by atoms with Crippen LogP contribution in [-0.4, -0.2) is 30.4 Å². The minimum absolute atomic E-state index is 0.00981. The second kappa shape index (κ2) is 5.61. The number of nitrogens with one attached hydrogen (secondary N) is 1. The van der Waals surface area contributed by atoms with Crippen molar-refractivity contribution < 1.29 is 4.79 Å². The highest BCUT2D eigenvalue weighted by Crippen LogP contribution is 2.28. The van der Waals surface area contributed by atoms with Crippen molar-refractivity contribution in [2.45, 2.75) is 26.7 Å². The van der Waals surface area contributed by atoms with E-state index in [1.807, 2.05) is 18.2 Å². The van der Waals surface area contributed by atoms with Gasteiger partial charge in [0.1, 0.15) is 0 Å². The smallest absolute Gasteiger partial charge is 0.238 e. The maximum absolute atomic E-state index is 12.0. The average molecular weight is 261 g/mol. The summed E-state index contributed by atoms with van der Waals surface area (Å²) in [5.74, 6) is 0.00981. The molecule has 1 aliphatic heterocycles. The number of anilines is 2. The first-order chi connectivity index (χ1) is 8.96. The van der Waals surface area contributed by atoms with Crippen LogP contribution in [0.3, 0.4) is 0 Å². The van der Waals surface area contributed by atoms with Gasteiger partial charge in [-0.15, -0.1) is 0 Å². The summed E-state index contributed by atoms with van der Waals surface area (Å²) < 4.78 is 0. The van der Waals surface area contributed by atoms with Gasteiger partial charge in [-0.25, -0.2) is 0 Å². The molecule has 0 aromatic heterocycles. The number of amides is 1. The van der Waals surface area contributed by atoms with Crippen LogP contribution >= 0.6 is 0 Å². The molecule has 1 aromatic rings. The number of hydrogen-bond donors (Lipinski definition) is 2. The van der Waals surface area contributed by atoms with Gasteiger partial charge in [-0.1, -0.05) is 26.0 Å². The fraction of sp³-hybridized carbons (Fsp3) is 0.533. The van der Waals surface area contributed by atoms with Crippen LogP contribution in [0.25, 0.3) is 0 Å². The van der Waals surface area contributed by atoms with Crippen LogP contribution < -0.4 is 11.1 Å². The third-order valence-corrected chi connectivity index (χ3v) is 3.58. The normalized spacial score (nSPS) is 19.1. The SMILES string of the molecule is CC1(C)CCCN(CC(=O)Nc2ccccc2N)C1. The molecule has 104 valence electrons. The lowest BCUT2D eigenvalue weighted by molar-refractivity contribution is -0.118. The number of benzene rings is 1. The number of para-hydroxylation sites is 2. The molecule has 1 fully saturated rings. The number of nitrogen functional groups attached to an aromatic ring is 1. The molecule has 0 bridgehead atoms. The van der Waals surface area contributed by atoms with Crippen LogP contribution in [0, 0.1) is 5.41 Å². The maximum atomic E-state index is 12.0. The summed E-state index contributed by atoms with van der Waals surface area (Å²) in [5.41, 5.74) is 7.43. The van der Waals surface area contributed by atoms with Gasteiger partial charge in [0.2, 0.25) is 5.91 Å². The molecule has 1 aromatic carbocycles. The van der Waals surface area contributed by atoms with Gasteiger partial charge in [0.15, 0.2) is 0 Å². The Hall–Kier alpha value is -1.55. The standard InChI is InChI=1S/C15H23N3O/c1-15(2)8-5-9-18(11-15)10-14(19)17-13-7-4-3-6-12(13)16/h3-4,6-7H,5,8-11,16H2,1-2H3,(H,17,19). The summed E-state index contributed by atoms with van der Waals surface area (Å²) in [6.45, 7) is 6.93. The van der Waals surface area contributed by atoms with Crippen LogP contribution in [-0.2, 0) is 4.79 Å². The fourth-order valence-electron chi connectivity index (χ4n) is 2.68. The minimum atomic E-state index is 0.00981. The number of nitrogens with zero attached hydrogens (tertiary/aromatic N) is 1. The Balaban J connectivity index is 1.90. The summed E-state index contributed by atoms with van der Waals surface area (Å²) in [4.78, 5) is 14.3. The van der Waals surface area contributed by atoms with Gasteiger partial charge in [0, 0.05) is 6.54 Å². The predicted octanol–water partition coefficient (Wildman–Crippen LogP) is 2.33. The fourth-order valence-corrected chi connectivity index (χ4v) is 2.68. The number of carbonyl (C=O) groups excluding carboxylic acids is 1. The van der Waals surface area contributed by atoms with Crippen molar-refractivity contribution in [1.82, 2.24) is 4.90 Å². The maximum Gasteiger partial charge on any atom is 0.238 e. The number of carbonyl (C=O) groups is 1. The van der Waals surface area contributed by atoms with E-state index in [0.29, 0.717) is 23.3 Å². The Morgan fingerprint density at radius 2 is 2.16 bits per heavy atom. The van der Waals surface area contributed by atoms with Crippen molar-refractivity contribution in [3.63, 3.8) is 0 Å². The molecule has 2 rings (SSSR count). The monoisotopic (exact) mass is 261 g/mol. The predicted molar refractivity (Wildman–Crippen MR) is 78.9 cm³/mol. The zero-order valence-corrected chi connectivity index (χ0v) is 11.8. The van der Waals surface area contributed by atoms with Gasteiger partial charge in [-0.3, -0.25) is 9.69 Å². The van der Waals surface area contributed by atoms with E-state index in [-0.39, 0.29) is 5.91 Å². The molecule has 0 unspecified atom stereocenters. The van der Waals surface area contributed by atoms with E-state index in [0.717, 1.165) is 19.5 Å². The zero-order chi connectivity index (χ0) is 13.9. The Bertz CT molecular complexity index is 456. The molecule has 4 heteroatoms. The van der Waals surface area contributed by atoms with Crippen molar-refractivity contribution >= 4 is 17.3 Å². The van der Waals surface area contributed by atoms with Crippen molar-refractivity contribution in [1.29, 1.82) is 0 Å². The molecule has 0 radical (unpaired) electrons. The third-order valence-electron chi connectivity index (χ3n) is 3.58. The highest BCUT2D eigenvalue weighted by molar-refractivity contribution is 5.95. The van der Waals surface area contributed by atoms with E-state index < -0.39 is 0 Å². The van der Waals surface area contributed by atoms with Gasteiger partial charge in [0.25, 0.3) is 0 Å². The van der Waals surface area contributed by atoms with E-state index in [2.05, 4.69) is 24.1 Å². The Kier molecular flexibility index (Phi) is 4.10. The highest BCUT2D eigenvalue weighted by atomic mass is 16.2. The average Bonchev–Trinajstić information content (AvgIpc) is 2.30. The van der Waals surface area contributed by atoms with Gasteiger partial charge >= 0.3 is 0 Å². The largest absolute Gasteiger partial charge is 0.397 e. The lowest BCUT2D eigenvalue weighted by Crippen LogP contribution is -2.43. The van der Waals surface area contributed by atoms with Gasteiger partial charge in [-0.05, 0) is 36.9 Å². The van der Waals surface area contributed by atoms with Gasteiger partial charge in [0.05, 0.1) is 17.9 Å². The van der Waals surface area contributed by atoms with Crippen molar-refractivity contribution in [2.75, 3.05) is 30.7 Å².